The average molecular weight is 440 g/mol. The first-order valence-corrected chi connectivity index (χ1v) is 11.9. The second kappa shape index (κ2) is 8.29. The number of benzene rings is 2. The van der Waals surface area contributed by atoms with E-state index in [1.54, 1.807) is 11.3 Å². The summed E-state index contributed by atoms with van der Waals surface area (Å²) >= 11 is 8.08. The maximum Gasteiger partial charge on any atom is 0.251 e. The average Bonchev–Trinajstić information content (AvgIpc) is 3.13. The van der Waals surface area contributed by atoms with E-state index < -0.39 is 0 Å². The van der Waals surface area contributed by atoms with Crippen LogP contribution in [-0.2, 0) is 6.54 Å². The Morgan fingerprint density at radius 3 is 2.67 bits per heavy atom. The van der Waals surface area contributed by atoms with Crippen LogP contribution in [0.15, 0.2) is 42.5 Å². The number of amides is 1. The number of halogens is 1. The van der Waals surface area contributed by atoms with E-state index in [-0.39, 0.29) is 11.9 Å². The molecule has 2 aromatic carbocycles. The van der Waals surface area contributed by atoms with E-state index in [0.29, 0.717) is 12.1 Å². The van der Waals surface area contributed by atoms with Crippen molar-refractivity contribution in [1.29, 1.82) is 0 Å². The first-order chi connectivity index (χ1) is 14.6. The lowest BCUT2D eigenvalue weighted by atomic mass is 9.81. The summed E-state index contributed by atoms with van der Waals surface area (Å²) in [5.74, 6) is 0.0606. The van der Waals surface area contributed by atoms with Gasteiger partial charge in [-0.2, -0.15) is 0 Å². The van der Waals surface area contributed by atoms with Gasteiger partial charge in [-0.15, -0.1) is 11.3 Å². The lowest BCUT2D eigenvalue weighted by Crippen LogP contribution is -2.56. The van der Waals surface area contributed by atoms with Gasteiger partial charge in [-0.3, -0.25) is 9.69 Å². The molecular weight excluding hydrogens is 414 g/mol. The number of para-hydroxylation sites is 1. The zero-order valence-corrected chi connectivity index (χ0v) is 18.7. The molecule has 3 aromatic rings. The molecule has 2 atom stereocenters. The highest BCUT2D eigenvalue weighted by Gasteiger charge is 2.39. The van der Waals surface area contributed by atoms with Gasteiger partial charge in [0.2, 0.25) is 0 Å². The van der Waals surface area contributed by atoms with Crippen LogP contribution in [0.2, 0.25) is 5.02 Å². The Morgan fingerprint density at radius 2 is 1.93 bits per heavy atom. The predicted molar refractivity (Wildman–Crippen MR) is 123 cm³/mol. The van der Waals surface area contributed by atoms with Crippen molar-refractivity contribution in [1.82, 2.24) is 15.2 Å². The molecule has 0 aliphatic carbocycles. The summed E-state index contributed by atoms with van der Waals surface area (Å²) < 4.78 is 1.16. The van der Waals surface area contributed by atoms with Crippen LogP contribution in [0.1, 0.15) is 53.0 Å². The van der Waals surface area contributed by atoms with E-state index in [2.05, 4.69) is 16.3 Å². The van der Waals surface area contributed by atoms with Gasteiger partial charge in [0.05, 0.1) is 16.3 Å². The number of fused-ring (bicyclic) bond motifs is 3. The van der Waals surface area contributed by atoms with Gasteiger partial charge in [0.25, 0.3) is 5.91 Å². The van der Waals surface area contributed by atoms with Crippen molar-refractivity contribution < 1.29 is 4.79 Å². The molecule has 0 spiro atoms. The normalized spacial score (nSPS) is 24.1. The monoisotopic (exact) mass is 439 g/mol. The fraction of sp³-hybridized carbons (Fsp3) is 0.417. The number of thiazole rings is 1. The minimum atomic E-state index is 0.0606. The number of aryl methyl sites for hydroxylation is 1. The molecule has 2 unspecified atom stereocenters. The lowest BCUT2D eigenvalue weighted by Gasteiger charge is -2.48. The second-order valence-corrected chi connectivity index (χ2v) is 10.1. The van der Waals surface area contributed by atoms with Crippen LogP contribution in [0.3, 0.4) is 0 Å². The molecule has 4 nitrogen and oxygen atoms in total. The van der Waals surface area contributed by atoms with Crippen molar-refractivity contribution in [3.63, 3.8) is 0 Å². The van der Waals surface area contributed by atoms with E-state index in [9.17, 15) is 4.79 Å². The van der Waals surface area contributed by atoms with Crippen molar-refractivity contribution in [2.45, 2.75) is 63.7 Å². The number of carbonyl (C=O) groups is 1. The molecule has 2 bridgehead atoms. The minimum Gasteiger partial charge on any atom is -0.349 e. The SMILES string of the molecule is Cc1ccccc1C(=O)NC1CC2CCCC(C1)N2Cc1nc2c(Cl)cccc2s1. The highest BCUT2D eigenvalue weighted by Crippen LogP contribution is 2.37. The Hall–Kier alpha value is -1.95. The standard InChI is InChI=1S/C24H26ClN3OS/c1-15-6-2-3-9-19(15)24(29)26-16-12-17-7-4-8-18(13-16)28(17)14-22-27-23-20(25)10-5-11-21(23)30-22/h2-3,5-6,9-11,16-18H,4,7-8,12-14H2,1H3,(H,26,29). The molecule has 1 N–H and O–H groups in total. The van der Waals surface area contributed by atoms with E-state index >= 15 is 0 Å². The maximum atomic E-state index is 12.8. The Balaban J connectivity index is 1.29. The number of aromatic nitrogens is 1. The molecule has 2 aliphatic rings. The van der Waals surface area contributed by atoms with Crippen LogP contribution in [0.25, 0.3) is 10.2 Å². The first kappa shape index (κ1) is 20.0. The molecule has 2 aliphatic heterocycles. The molecule has 2 saturated heterocycles. The van der Waals surface area contributed by atoms with Gasteiger partial charge in [0.1, 0.15) is 10.5 Å². The molecule has 0 saturated carbocycles. The number of hydrogen-bond donors (Lipinski definition) is 1. The van der Waals surface area contributed by atoms with Gasteiger partial charge in [-0.25, -0.2) is 4.98 Å². The molecule has 0 radical (unpaired) electrons. The van der Waals surface area contributed by atoms with Gasteiger partial charge in [0, 0.05) is 23.7 Å². The smallest absolute Gasteiger partial charge is 0.251 e. The van der Waals surface area contributed by atoms with E-state index in [4.69, 9.17) is 16.6 Å². The van der Waals surface area contributed by atoms with Crippen LogP contribution < -0.4 is 5.32 Å². The van der Waals surface area contributed by atoms with Gasteiger partial charge < -0.3 is 5.32 Å². The largest absolute Gasteiger partial charge is 0.349 e. The number of piperidine rings is 2. The van der Waals surface area contributed by atoms with Crippen molar-refractivity contribution in [3.05, 3.63) is 63.6 Å². The molecule has 5 rings (SSSR count). The Kier molecular flexibility index (Phi) is 5.52. The van der Waals surface area contributed by atoms with E-state index in [0.717, 1.165) is 50.8 Å². The van der Waals surface area contributed by atoms with Crippen LogP contribution in [0, 0.1) is 6.92 Å². The Labute approximate surface area is 186 Å². The summed E-state index contributed by atoms with van der Waals surface area (Å²) in [6, 6.07) is 15.1. The predicted octanol–water partition coefficient (Wildman–Crippen LogP) is 5.57. The summed E-state index contributed by atoms with van der Waals surface area (Å²) in [6.45, 7) is 2.87. The van der Waals surface area contributed by atoms with Gasteiger partial charge in [-0.1, -0.05) is 42.3 Å². The van der Waals surface area contributed by atoms with Crippen LogP contribution in [0.4, 0.5) is 0 Å². The number of carbonyl (C=O) groups excluding carboxylic acids is 1. The van der Waals surface area contributed by atoms with E-state index in [1.165, 1.54) is 19.3 Å². The topological polar surface area (TPSA) is 45.2 Å². The van der Waals surface area contributed by atoms with Crippen LogP contribution in [-0.4, -0.2) is 33.9 Å². The summed E-state index contributed by atoms with van der Waals surface area (Å²) in [6.07, 6.45) is 5.69. The molecule has 1 aromatic heterocycles. The number of rotatable bonds is 4. The summed E-state index contributed by atoms with van der Waals surface area (Å²) in [4.78, 5) is 20.3. The first-order valence-electron chi connectivity index (χ1n) is 10.7. The molecule has 2 fully saturated rings. The molecule has 3 heterocycles. The zero-order chi connectivity index (χ0) is 20.7. The maximum absolute atomic E-state index is 12.8. The van der Waals surface area contributed by atoms with Gasteiger partial charge >= 0.3 is 0 Å². The number of nitrogens with one attached hydrogen (secondary N) is 1. The Morgan fingerprint density at radius 1 is 1.17 bits per heavy atom. The fourth-order valence-electron chi connectivity index (χ4n) is 5.13. The third-order valence-electron chi connectivity index (χ3n) is 6.58. The van der Waals surface area contributed by atoms with Crippen LogP contribution >= 0.6 is 22.9 Å². The van der Waals surface area contributed by atoms with Gasteiger partial charge in [0.15, 0.2) is 0 Å². The highest BCUT2D eigenvalue weighted by atomic mass is 35.5. The molecule has 156 valence electrons. The number of hydrogen-bond acceptors (Lipinski definition) is 4. The summed E-state index contributed by atoms with van der Waals surface area (Å²) in [5.41, 5.74) is 2.74. The number of nitrogens with zero attached hydrogens (tertiary/aromatic N) is 2. The lowest BCUT2D eigenvalue weighted by molar-refractivity contribution is 0.0177. The molecule has 6 heteroatoms. The quantitative estimate of drug-likeness (QED) is 0.577. The second-order valence-electron chi connectivity index (χ2n) is 8.56. The molecule has 1 amide bonds. The summed E-state index contributed by atoms with van der Waals surface area (Å²) in [5, 5.41) is 5.19. The van der Waals surface area contributed by atoms with Gasteiger partial charge in [-0.05, 0) is 56.4 Å². The summed E-state index contributed by atoms with van der Waals surface area (Å²) in [7, 11) is 0. The third-order valence-corrected chi connectivity index (χ3v) is 7.89. The highest BCUT2D eigenvalue weighted by molar-refractivity contribution is 7.18. The third kappa shape index (κ3) is 3.86. The molecular formula is C24H26ClN3OS. The van der Waals surface area contributed by atoms with Crippen molar-refractivity contribution in [2.75, 3.05) is 0 Å². The van der Waals surface area contributed by atoms with E-state index in [1.807, 2.05) is 43.3 Å². The minimum absolute atomic E-state index is 0.0606. The zero-order valence-electron chi connectivity index (χ0n) is 17.1. The Bertz CT molecular complexity index is 1070. The molecule has 30 heavy (non-hydrogen) atoms. The fourth-order valence-corrected chi connectivity index (χ4v) is 6.41. The van der Waals surface area contributed by atoms with Crippen molar-refractivity contribution >= 4 is 39.1 Å². The van der Waals surface area contributed by atoms with Crippen LogP contribution in [0.5, 0.6) is 0 Å². The van der Waals surface area contributed by atoms with Crippen molar-refractivity contribution in [2.24, 2.45) is 0 Å². The van der Waals surface area contributed by atoms with Crippen molar-refractivity contribution in [3.8, 4) is 0 Å².